The minimum atomic E-state index is -0.374. The first-order valence-corrected chi connectivity index (χ1v) is 8.51. The van der Waals surface area contributed by atoms with E-state index in [0.29, 0.717) is 22.3 Å². The summed E-state index contributed by atoms with van der Waals surface area (Å²) in [7, 11) is 0. The number of hydrogen-bond donors (Lipinski definition) is 1. The number of amides is 2. The second-order valence-corrected chi connectivity index (χ2v) is 6.83. The zero-order chi connectivity index (χ0) is 16.8. The van der Waals surface area contributed by atoms with E-state index >= 15 is 0 Å². The van der Waals surface area contributed by atoms with Crippen molar-refractivity contribution in [3.8, 4) is 5.75 Å². The number of nitrogens with zero attached hydrogens (tertiary/aromatic N) is 3. The average molecular weight is 383 g/mol. The van der Waals surface area contributed by atoms with Gasteiger partial charge in [-0.15, -0.1) is 11.8 Å². The van der Waals surface area contributed by atoms with Gasteiger partial charge in [-0.1, -0.05) is 23.2 Å². The van der Waals surface area contributed by atoms with E-state index in [0.717, 1.165) is 4.90 Å². The SMILES string of the molecule is O=C1CSc2cc(Cl)c(N3C(=O)COc4cc(Cl)cnc43)nc2N1. The molecule has 0 saturated carbocycles. The van der Waals surface area contributed by atoms with Crippen LogP contribution >= 0.6 is 35.0 Å². The number of carbonyl (C=O) groups excluding carboxylic acids is 2. The van der Waals surface area contributed by atoms with E-state index in [-0.39, 0.29) is 35.1 Å². The Morgan fingerprint density at radius 2 is 2.08 bits per heavy atom. The number of ether oxygens (including phenoxy) is 1. The Bertz CT molecular complexity index is 893. The Hall–Kier alpha value is -2.03. The van der Waals surface area contributed by atoms with Gasteiger partial charge in [0.25, 0.3) is 5.91 Å². The zero-order valence-electron chi connectivity index (χ0n) is 11.9. The molecule has 0 spiro atoms. The maximum atomic E-state index is 12.4. The number of halogens is 2. The molecule has 2 aliphatic heterocycles. The first kappa shape index (κ1) is 15.5. The molecule has 2 amide bonds. The van der Waals surface area contributed by atoms with Gasteiger partial charge in [0.15, 0.2) is 24.0 Å². The molecule has 2 aromatic rings. The highest BCUT2D eigenvalue weighted by Crippen LogP contribution is 2.42. The standard InChI is InChI=1S/C14H8Cl2N4O3S/c15-6-1-8-14(17-3-6)20(11(22)4-23-8)13-7(16)2-9-12(19-13)18-10(21)5-24-9/h1-3H,4-5H2,(H,18,19,21). The Morgan fingerprint density at radius 1 is 1.25 bits per heavy atom. The van der Waals surface area contributed by atoms with Crippen LogP contribution in [0.2, 0.25) is 10.0 Å². The molecule has 4 rings (SSSR count). The number of anilines is 3. The molecule has 0 bridgehead atoms. The molecule has 0 radical (unpaired) electrons. The molecule has 0 aromatic carbocycles. The number of hydrogen-bond acceptors (Lipinski definition) is 6. The number of pyridine rings is 2. The van der Waals surface area contributed by atoms with Crippen LogP contribution in [0.5, 0.6) is 5.75 Å². The molecule has 0 fully saturated rings. The van der Waals surface area contributed by atoms with Gasteiger partial charge in [-0.05, 0) is 6.07 Å². The summed E-state index contributed by atoms with van der Waals surface area (Å²) >= 11 is 13.6. The van der Waals surface area contributed by atoms with Gasteiger partial charge in [-0.2, -0.15) is 0 Å². The number of nitrogens with one attached hydrogen (secondary N) is 1. The van der Waals surface area contributed by atoms with Crippen molar-refractivity contribution < 1.29 is 14.3 Å². The van der Waals surface area contributed by atoms with Crippen LogP contribution in [0, 0.1) is 0 Å². The van der Waals surface area contributed by atoms with E-state index in [2.05, 4.69) is 15.3 Å². The molecule has 0 atom stereocenters. The van der Waals surface area contributed by atoms with Crippen molar-refractivity contribution in [2.75, 3.05) is 22.6 Å². The third-order valence-corrected chi connectivity index (χ3v) is 4.88. The molecule has 122 valence electrons. The summed E-state index contributed by atoms with van der Waals surface area (Å²) in [6.45, 7) is -0.189. The van der Waals surface area contributed by atoms with Crippen molar-refractivity contribution in [1.82, 2.24) is 9.97 Å². The smallest absolute Gasteiger partial charge is 0.272 e. The van der Waals surface area contributed by atoms with E-state index in [1.54, 1.807) is 12.1 Å². The maximum absolute atomic E-state index is 12.4. The average Bonchev–Trinajstić information content (AvgIpc) is 2.55. The minimum Gasteiger partial charge on any atom is -0.480 e. The predicted molar refractivity (Wildman–Crippen MR) is 90.5 cm³/mol. The summed E-state index contributed by atoms with van der Waals surface area (Å²) in [6, 6.07) is 3.23. The Labute approximate surface area is 150 Å². The van der Waals surface area contributed by atoms with Crippen LogP contribution in [-0.2, 0) is 9.59 Å². The lowest BCUT2D eigenvalue weighted by Gasteiger charge is -2.29. The van der Waals surface area contributed by atoms with Crippen LogP contribution in [0.3, 0.4) is 0 Å². The van der Waals surface area contributed by atoms with Crippen LogP contribution in [0.15, 0.2) is 23.2 Å². The van der Waals surface area contributed by atoms with E-state index in [9.17, 15) is 9.59 Å². The quantitative estimate of drug-likeness (QED) is 0.815. The van der Waals surface area contributed by atoms with Gasteiger partial charge in [-0.3, -0.25) is 9.59 Å². The fourth-order valence-corrected chi connectivity index (χ4v) is 3.60. The molecule has 0 aliphatic carbocycles. The molecular formula is C14H8Cl2N4O3S. The van der Waals surface area contributed by atoms with Gasteiger partial charge >= 0.3 is 0 Å². The summed E-state index contributed by atoms with van der Waals surface area (Å²) in [6.07, 6.45) is 1.40. The molecule has 2 aromatic heterocycles. The van der Waals surface area contributed by atoms with Crippen LogP contribution < -0.4 is 15.0 Å². The van der Waals surface area contributed by atoms with Crippen LogP contribution in [-0.4, -0.2) is 34.1 Å². The lowest BCUT2D eigenvalue weighted by atomic mass is 10.3. The third-order valence-electron chi connectivity index (χ3n) is 3.36. The van der Waals surface area contributed by atoms with Gasteiger partial charge in [0, 0.05) is 12.3 Å². The summed E-state index contributed by atoms with van der Waals surface area (Å²) in [4.78, 5) is 34.4. The molecule has 0 saturated heterocycles. The van der Waals surface area contributed by atoms with Crippen molar-refractivity contribution in [3.63, 3.8) is 0 Å². The lowest BCUT2D eigenvalue weighted by Crippen LogP contribution is -2.36. The maximum Gasteiger partial charge on any atom is 0.272 e. The van der Waals surface area contributed by atoms with Gasteiger partial charge in [-0.25, -0.2) is 14.9 Å². The summed E-state index contributed by atoms with van der Waals surface area (Å²) in [5.41, 5.74) is 0. The fraction of sp³-hybridized carbons (Fsp3) is 0.143. The predicted octanol–water partition coefficient (Wildman–Crippen LogP) is 2.88. The summed E-state index contributed by atoms with van der Waals surface area (Å²) in [5.74, 6) is 0.918. The van der Waals surface area contributed by atoms with E-state index < -0.39 is 0 Å². The number of aromatic nitrogens is 2. The van der Waals surface area contributed by atoms with Crippen molar-refractivity contribution in [2.24, 2.45) is 0 Å². The van der Waals surface area contributed by atoms with Gasteiger partial charge in [0.1, 0.15) is 5.82 Å². The highest BCUT2D eigenvalue weighted by Gasteiger charge is 2.32. The monoisotopic (exact) mass is 382 g/mol. The summed E-state index contributed by atoms with van der Waals surface area (Å²) < 4.78 is 5.35. The summed E-state index contributed by atoms with van der Waals surface area (Å²) in [5, 5.41) is 3.33. The first-order chi connectivity index (χ1) is 11.5. The van der Waals surface area contributed by atoms with Crippen molar-refractivity contribution in [3.05, 3.63) is 28.4 Å². The molecule has 10 heteroatoms. The van der Waals surface area contributed by atoms with Gasteiger partial charge in [0.2, 0.25) is 5.91 Å². The first-order valence-electron chi connectivity index (χ1n) is 6.77. The normalized spacial score (nSPS) is 16.2. The minimum absolute atomic E-state index is 0.160. The van der Waals surface area contributed by atoms with Crippen molar-refractivity contribution in [2.45, 2.75) is 4.90 Å². The van der Waals surface area contributed by atoms with Crippen molar-refractivity contribution >= 4 is 64.2 Å². The molecular weight excluding hydrogens is 375 g/mol. The highest BCUT2D eigenvalue weighted by molar-refractivity contribution is 8.00. The number of rotatable bonds is 1. The van der Waals surface area contributed by atoms with E-state index in [1.165, 1.54) is 22.9 Å². The van der Waals surface area contributed by atoms with Crippen LogP contribution in [0.4, 0.5) is 17.5 Å². The van der Waals surface area contributed by atoms with Gasteiger partial charge in [0.05, 0.1) is 20.7 Å². The highest BCUT2D eigenvalue weighted by atomic mass is 35.5. The molecule has 1 N–H and O–H groups in total. The lowest BCUT2D eigenvalue weighted by molar-refractivity contribution is -0.120. The molecule has 4 heterocycles. The number of carbonyl (C=O) groups is 2. The third kappa shape index (κ3) is 2.56. The molecule has 24 heavy (non-hydrogen) atoms. The Kier molecular flexibility index (Phi) is 3.75. The van der Waals surface area contributed by atoms with Gasteiger partial charge < -0.3 is 10.1 Å². The fourth-order valence-electron chi connectivity index (χ4n) is 2.36. The second-order valence-electron chi connectivity index (χ2n) is 4.97. The van der Waals surface area contributed by atoms with E-state index in [1.807, 2.05) is 0 Å². The topological polar surface area (TPSA) is 84.4 Å². The zero-order valence-corrected chi connectivity index (χ0v) is 14.2. The Morgan fingerprint density at radius 3 is 2.92 bits per heavy atom. The molecule has 7 nitrogen and oxygen atoms in total. The van der Waals surface area contributed by atoms with Crippen LogP contribution in [0.1, 0.15) is 0 Å². The Balaban J connectivity index is 1.85. The van der Waals surface area contributed by atoms with E-state index in [4.69, 9.17) is 27.9 Å². The molecule has 0 unspecified atom stereocenters. The number of thioether (sulfide) groups is 1. The van der Waals surface area contributed by atoms with Crippen LogP contribution in [0.25, 0.3) is 0 Å². The second kappa shape index (κ2) is 5.80. The van der Waals surface area contributed by atoms with Crippen molar-refractivity contribution in [1.29, 1.82) is 0 Å². The molecule has 2 aliphatic rings. The number of fused-ring (bicyclic) bond motifs is 2. The largest absolute Gasteiger partial charge is 0.480 e.